The van der Waals surface area contributed by atoms with E-state index in [1.54, 1.807) is 0 Å². The fraction of sp³-hybridized carbons (Fsp3) is 0.800. The van der Waals surface area contributed by atoms with Gasteiger partial charge in [-0.1, -0.05) is 26.2 Å². The number of ketones is 1. The molecule has 1 aliphatic rings. The van der Waals surface area contributed by atoms with Crippen molar-refractivity contribution < 1.29 is 23.9 Å². The van der Waals surface area contributed by atoms with E-state index in [1.807, 2.05) is 0 Å². The van der Waals surface area contributed by atoms with Crippen molar-refractivity contribution in [1.29, 1.82) is 0 Å². The average Bonchev–Trinajstić information content (AvgIpc) is 2.80. The van der Waals surface area contributed by atoms with E-state index >= 15 is 0 Å². The lowest BCUT2D eigenvalue weighted by atomic mass is 9.81. The molecule has 2 atom stereocenters. The number of ether oxygens (including phenoxy) is 2. The number of hydrogen-bond acceptors (Lipinski definition) is 5. The summed E-state index contributed by atoms with van der Waals surface area (Å²) in [6.45, 7) is 2.10. The van der Waals surface area contributed by atoms with E-state index in [0.717, 1.165) is 25.7 Å². The first-order chi connectivity index (χ1) is 9.56. The maximum Gasteiger partial charge on any atom is 0.320 e. The maximum atomic E-state index is 12.0. The first-order valence-electron chi connectivity index (χ1n) is 7.25. The highest BCUT2D eigenvalue weighted by Gasteiger charge is 2.46. The van der Waals surface area contributed by atoms with E-state index in [1.165, 1.54) is 14.2 Å². The van der Waals surface area contributed by atoms with Crippen LogP contribution in [-0.4, -0.2) is 31.9 Å². The molecular weight excluding hydrogens is 260 g/mol. The van der Waals surface area contributed by atoms with Crippen LogP contribution in [0, 0.1) is 17.8 Å². The van der Waals surface area contributed by atoms with Crippen molar-refractivity contribution in [3.05, 3.63) is 0 Å². The van der Waals surface area contributed by atoms with Gasteiger partial charge in [0.1, 0.15) is 5.78 Å². The standard InChI is InChI=1S/C15H24O5/c1-4-5-6-7-10-11(8-9-12(10)16)13(14(17)19-2)15(18)20-3/h10-11,13H,4-9H2,1-3H3/t10?,11-/m1/s1. The zero-order valence-corrected chi connectivity index (χ0v) is 12.5. The number of methoxy groups -OCH3 is 2. The summed E-state index contributed by atoms with van der Waals surface area (Å²) < 4.78 is 9.41. The molecule has 0 saturated heterocycles. The van der Waals surface area contributed by atoms with Crippen LogP contribution < -0.4 is 0 Å². The van der Waals surface area contributed by atoms with Gasteiger partial charge < -0.3 is 9.47 Å². The SMILES string of the molecule is CCCCCC1C(=O)CC[C@H]1C(C(=O)OC)C(=O)OC. The van der Waals surface area contributed by atoms with Gasteiger partial charge in [0, 0.05) is 12.3 Å². The Balaban J connectivity index is 2.84. The fourth-order valence-corrected chi connectivity index (χ4v) is 3.02. The first-order valence-corrected chi connectivity index (χ1v) is 7.25. The van der Waals surface area contributed by atoms with Crippen molar-refractivity contribution in [2.75, 3.05) is 14.2 Å². The van der Waals surface area contributed by atoms with Crippen LogP contribution in [0.25, 0.3) is 0 Å². The van der Waals surface area contributed by atoms with Gasteiger partial charge in [0.05, 0.1) is 14.2 Å². The molecule has 5 nitrogen and oxygen atoms in total. The minimum atomic E-state index is -0.969. The summed E-state index contributed by atoms with van der Waals surface area (Å²) in [5.41, 5.74) is 0. The Morgan fingerprint density at radius 1 is 1.20 bits per heavy atom. The molecule has 0 spiro atoms. The Hall–Kier alpha value is -1.39. The lowest BCUT2D eigenvalue weighted by molar-refractivity contribution is -0.162. The van der Waals surface area contributed by atoms with Gasteiger partial charge in [0.15, 0.2) is 5.92 Å². The van der Waals surface area contributed by atoms with Gasteiger partial charge in [-0.15, -0.1) is 0 Å². The summed E-state index contributed by atoms with van der Waals surface area (Å²) in [7, 11) is 2.50. The molecule has 0 amide bonds. The molecular formula is C15H24O5. The van der Waals surface area contributed by atoms with Crippen molar-refractivity contribution in [2.24, 2.45) is 17.8 Å². The van der Waals surface area contributed by atoms with Gasteiger partial charge in [-0.25, -0.2) is 0 Å². The predicted molar refractivity (Wildman–Crippen MR) is 72.9 cm³/mol. The van der Waals surface area contributed by atoms with Crippen LogP contribution in [0.2, 0.25) is 0 Å². The van der Waals surface area contributed by atoms with E-state index in [4.69, 9.17) is 9.47 Å². The molecule has 0 N–H and O–H groups in total. The van der Waals surface area contributed by atoms with Crippen molar-refractivity contribution in [3.63, 3.8) is 0 Å². The Morgan fingerprint density at radius 3 is 2.30 bits per heavy atom. The predicted octanol–water partition coefficient (Wildman–Crippen LogP) is 2.12. The normalized spacial score (nSPS) is 22.1. The highest BCUT2D eigenvalue weighted by Crippen LogP contribution is 2.38. The third-order valence-corrected chi connectivity index (χ3v) is 4.11. The molecule has 0 heterocycles. The van der Waals surface area contributed by atoms with Crippen molar-refractivity contribution in [3.8, 4) is 0 Å². The summed E-state index contributed by atoms with van der Waals surface area (Å²) in [6.07, 6.45) is 4.80. The molecule has 1 saturated carbocycles. The Labute approximate surface area is 120 Å². The zero-order chi connectivity index (χ0) is 15.1. The van der Waals surface area contributed by atoms with Crippen LogP contribution >= 0.6 is 0 Å². The van der Waals surface area contributed by atoms with Crippen LogP contribution in [0.1, 0.15) is 45.4 Å². The van der Waals surface area contributed by atoms with Gasteiger partial charge in [0.2, 0.25) is 0 Å². The summed E-state index contributed by atoms with van der Waals surface area (Å²) >= 11 is 0. The molecule has 20 heavy (non-hydrogen) atoms. The van der Waals surface area contributed by atoms with Gasteiger partial charge in [0.25, 0.3) is 0 Å². The Bertz CT molecular complexity index is 347. The summed E-state index contributed by atoms with van der Waals surface area (Å²) in [5.74, 6) is -2.51. The third-order valence-electron chi connectivity index (χ3n) is 4.11. The lowest BCUT2D eigenvalue weighted by Crippen LogP contribution is -2.36. The number of Topliss-reactive ketones (excluding diaryl/α,β-unsaturated/α-hetero) is 1. The van der Waals surface area contributed by atoms with Crippen LogP contribution in [0.15, 0.2) is 0 Å². The fourth-order valence-electron chi connectivity index (χ4n) is 3.02. The summed E-state index contributed by atoms with van der Waals surface area (Å²) in [5, 5.41) is 0. The van der Waals surface area contributed by atoms with E-state index in [0.29, 0.717) is 12.8 Å². The van der Waals surface area contributed by atoms with Crippen LogP contribution in [0.5, 0.6) is 0 Å². The molecule has 5 heteroatoms. The van der Waals surface area contributed by atoms with Crippen LogP contribution in [0.3, 0.4) is 0 Å². The summed E-state index contributed by atoms with van der Waals surface area (Å²) in [6, 6.07) is 0. The third kappa shape index (κ3) is 3.81. The molecule has 0 aromatic heterocycles. The molecule has 1 fully saturated rings. The number of carbonyl (C=O) groups is 3. The number of hydrogen-bond donors (Lipinski definition) is 0. The molecule has 1 rings (SSSR count). The molecule has 0 aliphatic heterocycles. The topological polar surface area (TPSA) is 69.7 Å². The first kappa shape index (κ1) is 16.7. The number of rotatable bonds is 7. The molecule has 0 aromatic rings. The van der Waals surface area contributed by atoms with Crippen molar-refractivity contribution >= 4 is 17.7 Å². The van der Waals surface area contributed by atoms with Gasteiger partial charge >= 0.3 is 11.9 Å². The largest absolute Gasteiger partial charge is 0.468 e. The monoisotopic (exact) mass is 284 g/mol. The zero-order valence-electron chi connectivity index (χ0n) is 12.5. The summed E-state index contributed by atoms with van der Waals surface area (Å²) in [4.78, 5) is 35.7. The molecule has 1 unspecified atom stereocenters. The van der Waals surface area contributed by atoms with E-state index in [-0.39, 0.29) is 17.6 Å². The van der Waals surface area contributed by atoms with Crippen molar-refractivity contribution in [2.45, 2.75) is 45.4 Å². The lowest BCUT2D eigenvalue weighted by Gasteiger charge is -2.24. The highest BCUT2D eigenvalue weighted by atomic mass is 16.5. The second-order valence-corrected chi connectivity index (χ2v) is 5.30. The maximum absolute atomic E-state index is 12.0. The second-order valence-electron chi connectivity index (χ2n) is 5.30. The molecule has 1 aliphatic carbocycles. The van der Waals surface area contributed by atoms with E-state index in [2.05, 4.69) is 6.92 Å². The number of unbranched alkanes of at least 4 members (excludes halogenated alkanes) is 2. The average molecular weight is 284 g/mol. The quantitative estimate of drug-likeness (QED) is 0.407. The second kappa shape index (κ2) is 8.02. The van der Waals surface area contributed by atoms with Gasteiger partial charge in [-0.05, 0) is 18.8 Å². The van der Waals surface area contributed by atoms with Gasteiger partial charge in [-0.3, -0.25) is 14.4 Å². The van der Waals surface area contributed by atoms with E-state index < -0.39 is 17.9 Å². The Kier molecular flexibility index (Phi) is 6.68. The van der Waals surface area contributed by atoms with Crippen molar-refractivity contribution in [1.82, 2.24) is 0 Å². The van der Waals surface area contributed by atoms with Crippen LogP contribution in [0.4, 0.5) is 0 Å². The number of esters is 2. The molecule has 0 aromatic carbocycles. The molecule has 0 radical (unpaired) electrons. The highest BCUT2D eigenvalue weighted by molar-refractivity contribution is 5.97. The molecule has 0 bridgehead atoms. The smallest absolute Gasteiger partial charge is 0.320 e. The minimum absolute atomic E-state index is 0.156. The van der Waals surface area contributed by atoms with Gasteiger partial charge in [-0.2, -0.15) is 0 Å². The number of carbonyl (C=O) groups excluding carboxylic acids is 3. The molecule has 114 valence electrons. The van der Waals surface area contributed by atoms with Crippen LogP contribution in [-0.2, 0) is 23.9 Å². The van der Waals surface area contributed by atoms with E-state index in [9.17, 15) is 14.4 Å². The Morgan fingerprint density at radius 2 is 1.80 bits per heavy atom. The minimum Gasteiger partial charge on any atom is -0.468 e.